The Balaban J connectivity index is 2.96. The summed E-state index contributed by atoms with van der Waals surface area (Å²) in [5.41, 5.74) is -0.776. The topological polar surface area (TPSA) is 36.9 Å². The summed E-state index contributed by atoms with van der Waals surface area (Å²) in [6.45, 7) is 17.0. The molecule has 1 aliphatic carbocycles. The molecule has 0 unspecified atom stereocenters. The molecule has 1 saturated carbocycles. The normalized spacial score (nSPS) is 21.0. The highest BCUT2D eigenvalue weighted by Gasteiger charge is 2.53. The minimum atomic E-state index is -0.859. The SMILES string of the molecule is CCC(C)(CC)OOC1(OOC(C)(CC)CC)CCCCC1(C)C. The molecule has 4 nitrogen and oxygen atoms in total. The van der Waals surface area contributed by atoms with Gasteiger partial charge in [0.15, 0.2) is 0 Å². The van der Waals surface area contributed by atoms with Crippen molar-refractivity contribution in [3.8, 4) is 0 Å². The first-order valence-corrected chi connectivity index (χ1v) is 9.85. The lowest BCUT2D eigenvalue weighted by Gasteiger charge is -2.48. The fraction of sp³-hybridized carbons (Fsp3) is 1.00. The van der Waals surface area contributed by atoms with Gasteiger partial charge in [0, 0.05) is 11.8 Å². The molecule has 1 rings (SSSR count). The predicted molar refractivity (Wildman–Crippen MR) is 97.3 cm³/mol. The Morgan fingerprint density at radius 1 is 0.708 bits per heavy atom. The maximum atomic E-state index is 6.07. The van der Waals surface area contributed by atoms with Crippen LogP contribution in [0, 0.1) is 5.41 Å². The van der Waals surface area contributed by atoms with E-state index < -0.39 is 5.79 Å². The zero-order chi connectivity index (χ0) is 18.5. The van der Waals surface area contributed by atoms with Gasteiger partial charge in [0.2, 0.25) is 5.79 Å². The maximum absolute atomic E-state index is 6.07. The molecule has 0 aliphatic heterocycles. The number of rotatable bonds is 10. The maximum Gasteiger partial charge on any atom is 0.238 e. The van der Waals surface area contributed by atoms with Crippen LogP contribution in [0.25, 0.3) is 0 Å². The van der Waals surface area contributed by atoms with Crippen LogP contribution in [-0.2, 0) is 19.6 Å². The van der Waals surface area contributed by atoms with Gasteiger partial charge in [-0.2, -0.15) is 9.78 Å². The Bertz CT molecular complexity index is 348. The van der Waals surface area contributed by atoms with Gasteiger partial charge in [0.25, 0.3) is 0 Å². The summed E-state index contributed by atoms with van der Waals surface area (Å²) >= 11 is 0. The van der Waals surface area contributed by atoms with Crippen LogP contribution >= 0.6 is 0 Å². The van der Waals surface area contributed by atoms with Crippen LogP contribution in [0.2, 0.25) is 0 Å². The lowest BCUT2D eigenvalue weighted by molar-refractivity contribution is -0.569. The third-order valence-electron chi connectivity index (χ3n) is 6.34. The van der Waals surface area contributed by atoms with E-state index in [4.69, 9.17) is 19.6 Å². The van der Waals surface area contributed by atoms with Crippen LogP contribution in [0.1, 0.15) is 107 Å². The number of hydrogen-bond donors (Lipinski definition) is 0. The molecule has 24 heavy (non-hydrogen) atoms. The summed E-state index contributed by atoms with van der Waals surface area (Å²) in [6, 6.07) is 0. The average Bonchev–Trinajstić information content (AvgIpc) is 2.59. The van der Waals surface area contributed by atoms with Crippen molar-refractivity contribution >= 4 is 0 Å². The Labute approximate surface area is 149 Å². The van der Waals surface area contributed by atoms with Crippen molar-refractivity contribution in [3.05, 3.63) is 0 Å². The third-order valence-corrected chi connectivity index (χ3v) is 6.34. The van der Waals surface area contributed by atoms with E-state index >= 15 is 0 Å². The molecule has 0 bridgehead atoms. The number of hydrogen-bond acceptors (Lipinski definition) is 4. The molecule has 0 radical (unpaired) electrons. The molecule has 0 spiro atoms. The van der Waals surface area contributed by atoms with Gasteiger partial charge in [0.1, 0.15) is 11.2 Å². The highest BCUT2D eigenvalue weighted by molar-refractivity contribution is 4.90. The lowest BCUT2D eigenvalue weighted by atomic mass is 9.72. The van der Waals surface area contributed by atoms with Gasteiger partial charge in [-0.1, -0.05) is 48.0 Å². The van der Waals surface area contributed by atoms with Crippen molar-refractivity contribution in [3.63, 3.8) is 0 Å². The fourth-order valence-electron chi connectivity index (χ4n) is 2.85. The fourth-order valence-corrected chi connectivity index (χ4v) is 2.85. The molecule has 0 heterocycles. The van der Waals surface area contributed by atoms with E-state index in [1.54, 1.807) is 0 Å². The van der Waals surface area contributed by atoms with Crippen molar-refractivity contribution in [2.45, 2.75) is 124 Å². The van der Waals surface area contributed by atoms with Crippen molar-refractivity contribution in [2.75, 3.05) is 0 Å². The molecule has 0 atom stereocenters. The van der Waals surface area contributed by atoms with Gasteiger partial charge in [-0.3, -0.25) is 0 Å². The molecule has 4 heteroatoms. The second kappa shape index (κ2) is 8.48. The standard InChI is InChI=1S/C20H40O4/c1-9-18(7,10-2)21-23-20(16-14-13-15-17(20,5)6)24-22-19(8,11-3)12-4/h9-16H2,1-8H3. The molecule has 144 valence electrons. The molecule has 1 fully saturated rings. The average molecular weight is 345 g/mol. The molecule has 0 aromatic carbocycles. The Hall–Kier alpha value is -0.160. The lowest BCUT2D eigenvalue weighted by Crippen LogP contribution is -2.54. The van der Waals surface area contributed by atoms with Crippen LogP contribution in [0.3, 0.4) is 0 Å². The van der Waals surface area contributed by atoms with E-state index in [1.807, 2.05) is 0 Å². The van der Waals surface area contributed by atoms with Gasteiger partial charge in [0.05, 0.1) is 0 Å². The highest BCUT2D eigenvalue weighted by Crippen LogP contribution is 2.48. The van der Waals surface area contributed by atoms with Gasteiger partial charge in [-0.25, -0.2) is 9.78 Å². The van der Waals surface area contributed by atoms with Gasteiger partial charge in [-0.15, -0.1) is 0 Å². The second-order valence-electron chi connectivity index (χ2n) is 8.49. The van der Waals surface area contributed by atoms with Gasteiger partial charge >= 0.3 is 0 Å². The van der Waals surface area contributed by atoms with E-state index in [0.717, 1.165) is 44.9 Å². The van der Waals surface area contributed by atoms with Crippen molar-refractivity contribution in [1.82, 2.24) is 0 Å². The monoisotopic (exact) mass is 344 g/mol. The van der Waals surface area contributed by atoms with Crippen LogP contribution in [-0.4, -0.2) is 17.0 Å². The van der Waals surface area contributed by atoms with Crippen molar-refractivity contribution in [2.24, 2.45) is 5.41 Å². The minimum Gasteiger partial charge on any atom is -0.227 e. The second-order valence-corrected chi connectivity index (χ2v) is 8.49. The minimum absolute atomic E-state index is 0.171. The van der Waals surface area contributed by atoms with Crippen LogP contribution < -0.4 is 0 Å². The van der Waals surface area contributed by atoms with E-state index in [2.05, 4.69) is 55.4 Å². The molecule has 0 aromatic heterocycles. The summed E-state index contributed by atoms with van der Waals surface area (Å²) in [6.07, 6.45) is 7.62. The molecular weight excluding hydrogens is 304 g/mol. The Morgan fingerprint density at radius 2 is 1.08 bits per heavy atom. The summed E-state index contributed by atoms with van der Waals surface area (Å²) in [5, 5.41) is 0. The summed E-state index contributed by atoms with van der Waals surface area (Å²) in [7, 11) is 0. The molecule has 0 aromatic rings. The smallest absolute Gasteiger partial charge is 0.227 e. The van der Waals surface area contributed by atoms with Crippen molar-refractivity contribution in [1.29, 1.82) is 0 Å². The van der Waals surface area contributed by atoms with Crippen LogP contribution in [0.5, 0.6) is 0 Å². The first-order valence-electron chi connectivity index (χ1n) is 9.85. The van der Waals surface area contributed by atoms with Crippen molar-refractivity contribution < 1.29 is 19.6 Å². The zero-order valence-corrected chi connectivity index (χ0v) is 17.3. The highest BCUT2D eigenvalue weighted by atomic mass is 17.3. The first kappa shape index (κ1) is 21.9. The zero-order valence-electron chi connectivity index (χ0n) is 17.3. The summed E-state index contributed by atoms with van der Waals surface area (Å²) < 4.78 is 0. The van der Waals surface area contributed by atoms with E-state index in [9.17, 15) is 0 Å². The van der Waals surface area contributed by atoms with E-state index in [1.165, 1.54) is 6.42 Å². The van der Waals surface area contributed by atoms with Gasteiger partial charge in [-0.05, 0) is 52.4 Å². The molecule has 0 N–H and O–H groups in total. The molecule has 1 aliphatic rings. The van der Waals surface area contributed by atoms with E-state index in [-0.39, 0.29) is 16.6 Å². The first-order chi connectivity index (χ1) is 11.1. The predicted octanol–water partition coefficient (Wildman–Crippen LogP) is 6.34. The van der Waals surface area contributed by atoms with E-state index in [0.29, 0.717) is 0 Å². The summed E-state index contributed by atoms with van der Waals surface area (Å²) in [5.74, 6) is -0.859. The van der Waals surface area contributed by atoms with Crippen LogP contribution in [0.4, 0.5) is 0 Å². The third kappa shape index (κ3) is 4.94. The molecular formula is C20H40O4. The quantitative estimate of drug-likeness (QED) is 0.263. The van der Waals surface area contributed by atoms with Gasteiger partial charge < -0.3 is 0 Å². The molecule has 0 saturated heterocycles. The largest absolute Gasteiger partial charge is 0.238 e. The Kier molecular flexibility index (Phi) is 7.73. The summed E-state index contributed by atoms with van der Waals surface area (Å²) in [4.78, 5) is 24.0. The Morgan fingerprint density at radius 3 is 1.42 bits per heavy atom. The van der Waals surface area contributed by atoms with Crippen LogP contribution in [0.15, 0.2) is 0 Å². The molecule has 0 amide bonds.